The lowest BCUT2D eigenvalue weighted by Gasteiger charge is -2.20. The van der Waals surface area contributed by atoms with Crippen molar-refractivity contribution >= 4 is 39.7 Å². The second-order valence-electron chi connectivity index (χ2n) is 7.17. The molecule has 4 heterocycles. The minimum atomic E-state index is -0.493. The topological polar surface area (TPSA) is 63.1 Å². The molecule has 150 valence electrons. The number of pyridine rings is 3. The van der Waals surface area contributed by atoms with Gasteiger partial charge in [-0.3, -0.25) is 19.3 Å². The summed E-state index contributed by atoms with van der Waals surface area (Å²) in [6.07, 6.45) is 5.13. The lowest BCUT2D eigenvalue weighted by Crippen LogP contribution is -2.22. The van der Waals surface area contributed by atoms with Crippen LogP contribution in [0.15, 0.2) is 59.8 Å². The standard InChI is InChI=1S/C22H17ClFN5O/c1-28-8-9-29-21(28)20(27-19-5-7-26-18-4-6-25-12-16(18)19)11-15(22(29)30)14-10-13(23)2-3-17(14)24/h2-7,10-12H,8-9H2,1H3,(H,26,27). The summed E-state index contributed by atoms with van der Waals surface area (Å²) in [6, 6.07) is 9.59. The number of likely N-dealkylation sites (N-methyl/N-ethyl adjacent to an activating group) is 1. The van der Waals surface area contributed by atoms with Gasteiger partial charge < -0.3 is 10.2 Å². The van der Waals surface area contributed by atoms with E-state index in [0.29, 0.717) is 23.8 Å². The third-order valence-electron chi connectivity index (χ3n) is 5.31. The van der Waals surface area contributed by atoms with Crippen LogP contribution in [0.4, 0.5) is 21.6 Å². The van der Waals surface area contributed by atoms with Crippen LogP contribution in [0.1, 0.15) is 0 Å². The normalized spacial score (nSPS) is 13.0. The van der Waals surface area contributed by atoms with Gasteiger partial charge in [-0.1, -0.05) is 11.6 Å². The van der Waals surface area contributed by atoms with E-state index in [-0.39, 0.29) is 16.7 Å². The van der Waals surface area contributed by atoms with Gasteiger partial charge in [-0.15, -0.1) is 0 Å². The van der Waals surface area contributed by atoms with Crippen LogP contribution in [0.25, 0.3) is 22.0 Å². The van der Waals surface area contributed by atoms with E-state index in [9.17, 15) is 9.18 Å². The van der Waals surface area contributed by atoms with Crippen LogP contribution < -0.4 is 15.8 Å². The van der Waals surface area contributed by atoms with Crippen LogP contribution in [0.2, 0.25) is 5.02 Å². The Morgan fingerprint density at radius 1 is 1.07 bits per heavy atom. The Kier molecular flexibility index (Phi) is 4.40. The highest BCUT2D eigenvalue weighted by Gasteiger charge is 2.25. The fourth-order valence-corrected chi connectivity index (χ4v) is 4.04. The fourth-order valence-electron chi connectivity index (χ4n) is 3.86. The van der Waals surface area contributed by atoms with Crippen molar-refractivity contribution in [3.63, 3.8) is 0 Å². The largest absolute Gasteiger partial charge is 0.357 e. The summed E-state index contributed by atoms with van der Waals surface area (Å²) in [5.74, 6) is 0.257. The second kappa shape index (κ2) is 7.11. The number of halogens is 2. The smallest absolute Gasteiger partial charge is 0.260 e. The molecule has 0 unspecified atom stereocenters. The lowest BCUT2D eigenvalue weighted by atomic mass is 10.1. The van der Waals surface area contributed by atoms with Gasteiger partial charge in [0.25, 0.3) is 5.56 Å². The molecule has 0 aliphatic carbocycles. The Labute approximate surface area is 176 Å². The van der Waals surface area contributed by atoms with Crippen LogP contribution in [-0.4, -0.2) is 28.1 Å². The van der Waals surface area contributed by atoms with E-state index in [1.165, 1.54) is 18.2 Å². The minimum absolute atomic E-state index is 0.182. The zero-order valence-electron chi connectivity index (χ0n) is 16.1. The summed E-state index contributed by atoms with van der Waals surface area (Å²) in [4.78, 5) is 23.7. The Morgan fingerprint density at radius 3 is 2.80 bits per heavy atom. The zero-order valence-corrected chi connectivity index (χ0v) is 16.8. The maximum Gasteiger partial charge on any atom is 0.260 e. The molecule has 1 N–H and O–H groups in total. The van der Waals surface area contributed by atoms with Gasteiger partial charge in [-0.05, 0) is 36.4 Å². The quantitative estimate of drug-likeness (QED) is 0.529. The maximum atomic E-state index is 14.6. The summed E-state index contributed by atoms with van der Waals surface area (Å²) in [7, 11) is 1.93. The number of fused-ring (bicyclic) bond motifs is 2. The van der Waals surface area contributed by atoms with E-state index < -0.39 is 5.82 Å². The molecule has 0 radical (unpaired) electrons. The molecule has 1 aromatic carbocycles. The molecule has 6 nitrogen and oxygen atoms in total. The molecule has 0 saturated heterocycles. The molecule has 0 fully saturated rings. The molecule has 5 rings (SSSR count). The number of hydrogen-bond donors (Lipinski definition) is 1. The molecule has 1 aliphatic heterocycles. The van der Waals surface area contributed by atoms with E-state index in [2.05, 4.69) is 15.3 Å². The highest BCUT2D eigenvalue weighted by Crippen LogP contribution is 2.36. The number of anilines is 3. The van der Waals surface area contributed by atoms with Gasteiger partial charge in [0.2, 0.25) is 0 Å². The minimum Gasteiger partial charge on any atom is -0.357 e. The summed E-state index contributed by atoms with van der Waals surface area (Å²) >= 11 is 6.08. The average molecular weight is 422 g/mol. The SMILES string of the molecule is CN1CCn2c1c(Nc1ccnc3ccncc13)cc(-c1cc(Cl)ccc1F)c2=O. The maximum absolute atomic E-state index is 14.6. The Hall–Kier alpha value is -3.45. The van der Waals surface area contributed by atoms with Crippen molar-refractivity contribution in [3.8, 4) is 11.1 Å². The van der Waals surface area contributed by atoms with Gasteiger partial charge in [0.05, 0.1) is 22.5 Å². The molecule has 30 heavy (non-hydrogen) atoms. The van der Waals surface area contributed by atoms with Crippen LogP contribution in [0, 0.1) is 5.82 Å². The molecule has 0 bridgehead atoms. The molecule has 0 spiro atoms. The first-order valence-corrected chi connectivity index (χ1v) is 9.81. The van der Waals surface area contributed by atoms with Crippen molar-refractivity contribution in [2.24, 2.45) is 0 Å². The molecular formula is C22H17ClFN5O. The number of nitrogens with zero attached hydrogens (tertiary/aromatic N) is 4. The third kappa shape index (κ3) is 2.98. The van der Waals surface area contributed by atoms with E-state index in [4.69, 9.17) is 11.6 Å². The Morgan fingerprint density at radius 2 is 1.93 bits per heavy atom. The van der Waals surface area contributed by atoms with Gasteiger partial charge in [-0.2, -0.15) is 0 Å². The number of aromatic nitrogens is 3. The number of benzene rings is 1. The summed E-state index contributed by atoms with van der Waals surface area (Å²) in [6.45, 7) is 1.21. The first-order chi connectivity index (χ1) is 14.5. The van der Waals surface area contributed by atoms with E-state index in [0.717, 1.165) is 22.4 Å². The highest BCUT2D eigenvalue weighted by molar-refractivity contribution is 6.30. The van der Waals surface area contributed by atoms with Crippen LogP contribution in [0.5, 0.6) is 0 Å². The predicted molar refractivity (Wildman–Crippen MR) is 117 cm³/mol. The number of nitrogens with one attached hydrogen (secondary N) is 1. The van der Waals surface area contributed by atoms with Crippen molar-refractivity contribution in [3.05, 3.63) is 76.2 Å². The van der Waals surface area contributed by atoms with Crippen molar-refractivity contribution in [1.82, 2.24) is 14.5 Å². The van der Waals surface area contributed by atoms with Crippen molar-refractivity contribution in [2.45, 2.75) is 6.54 Å². The van der Waals surface area contributed by atoms with Crippen molar-refractivity contribution in [2.75, 3.05) is 23.8 Å². The molecule has 0 amide bonds. The highest BCUT2D eigenvalue weighted by atomic mass is 35.5. The molecule has 0 saturated carbocycles. The third-order valence-corrected chi connectivity index (χ3v) is 5.55. The number of rotatable bonds is 3. The molecule has 4 aromatic rings. The predicted octanol–water partition coefficient (Wildman–Crippen LogP) is 4.44. The van der Waals surface area contributed by atoms with Gasteiger partial charge >= 0.3 is 0 Å². The molecule has 1 aliphatic rings. The summed E-state index contributed by atoms with van der Waals surface area (Å²) in [5, 5.41) is 4.63. The summed E-state index contributed by atoms with van der Waals surface area (Å²) in [5.41, 5.74) is 2.49. The summed E-state index contributed by atoms with van der Waals surface area (Å²) < 4.78 is 16.2. The van der Waals surface area contributed by atoms with Gasteiger partial charge in [0, 0.05) is 54.7 Å². The van der Waals surface area contributed by atoms with E-state index in [1.54, 1.807) is 29.2 Å². The average Bonchev–Trinajstić information content (AvgIpc) is 3.14. The number of hydrogen-bond acceptors (Lipinski definition) is 5. The first kappa shape index (κ1) is 18.6. The van der Waals surface area contributed by atoms with Crippen LogP contribution >= 0.6 is 11.6 Å². The van der Waals surface area contributed by atoms with Gasteiger partial charge in [-0.25, -0.2) is 4.39 Å². The Bertz CT molecular complexity index is 1350. The molecular weight excluding hydrogens is 405 g/mol. The van der Waals surface area contributed by atoms with E-state index >= 15 is 0 Å². The zero-order chi connectivity index (χ0) is 20.8. The van der Waals surface area contributed by atoms with E-state index in [1.807, 2.05) is 24.1 Å². The Balaban J connectivity index is 1.73. The molecule has 8 heteroatoms. The van der Waals surface area contributed by atoms with Gasteiger partial charge in [0.1, 0.15) is 11.6 Å². The lowest BCUT2D eigenvalue weighted by molar-refractivity contribution is 0.630. The van der Waals surface area contributed by atoms with Gasteiger partial charge in [0.15, 0.2) is 0 Å². The first-order valence-electron chi connectivity index (χ1n) is 9.43. The molecule has 0 atom stereocenters. The van der Waals surface area contributed by atoms with Crippen LogP contribution in [-0.2, 0) is 6.54 Å². The van der Waals surface area contributed by atoms with Crippen molar-refractivity contribution < 1.29 is 4.39 Å². The van der Waals surface area contributed by atoms with Crippen LogP contribution in [0.3, 0.4) is 0 Å². The second-order valence-corrected chi connectivity index (χ2v) is 7.61. The van der Waals surface area contributed by atoms with Crippen molar-refractivity contribution in [1.29, 1.82) is 0 Å². The molecule has 3 aromatic heterocycles. The monoisotopic (exact) mass is 421 g/mol. The fraction of sp³-hybridized carbons (Fsp3) is 0.136.